The van der Waals surface area contributed by atoms with Gasteiger partial charge in [0, 0.05) is 10.8 Å². The highest BCUT2D eigenvalue weighted by molar-refractivity contribution is 5.38. The molecule has 2 heterocycles. The molecule has 2 unspecified atom stereocenters. The van der Waals surface area contributed by atoms with Crippen molar-refractivity contribution in [1.82, 2.24) is 0 Å². The summed E-state index contributed by atoms with van der Waals surface area (Å²) in [5.74, 6) is 0. The van der Waals surface area contributed by atoms with Crippen LogP contribution in [0.2, 0.25) is 0 Å². The third-order valence-electron chi connectivity index (χ3n) is 7.62. The molecule has 7 heteroatoms. The summed E-state index contributed by atoms with van der Waals surface area (Å²) >= 11 is 0. The molecule has 0 bridgehead atoms. The average molecular weight is 633 g/mol. The van der Waals surface area contributed by atoms with Crippen LogP contribution in [0.25, 0.3) is 0 Å². The molecular weight excluding hydrogens is 580 g/mol. The molecule has 46 heavy (non-hydrogen) atoms. The molecular formula is C39H52O7. The van der Waals surface area contributed by atoms with Gasteiger partial charge in [-0.25, -0.2) is 0 Å². The van der Waals surface area contributed by atoms with Gasteiger partial charge in [-0.15, -0.1) is 0 Å². The Morgan fingerprint density at radius 3 is 0.826 bits per heavy atom. The van der Waals surface area contributed by atoms with Gasteiger partial charge in [0.05, 0.1) is 39.6 Å². The first-order valence-electron chi connectivity index (χ1n) is 15.7. The fraction of sp³-hybridized carbons (Fsp3) is 0.385. The predicted molar refractivity (Wildman–Crippen MR) is 184 cm³/mol. The minimum absolute atomic E-state index is 0.0858. The van der Waals surface area contributed by atoms with Gasteiger partial charge in [0.25, 0.3) is 0 Å². The van der Waals surface area contributed by atoms with E-state index in [1.807, 2.05) is 0 Å². The van der Waals surface area contributed by atoms with Crippen LogP contribution in [-0.4, -0.2) is 83.5 Å². The van der Waals surface area contributed by atoms with Crippen molar-refractivity contribution in [1.29, 1.82) is 0 Å². The van der Waals surface area contributed by atoms with Crippen LogP contribution in [-0.2, 0) is 20.3 Å². The van der Waals surface area contributed by atoms with Gasteiger partial charge in [-0.2, -0.15) is 0 Å². The number of hydrogen-bond acceptors (Lipinski definition) is 7. The molecule has 5 N–H and O–H groups in total. The van der Waals surface area contributed by atoms with Gasteiger partial charge in [0.15, 0.2) is 0 Å². The Balaban J connectivity index is 0.000000220. The topological polar surface area (TPSA) is 126 Å². The van der Waals surface area contributed by atoms with Crippen molar-refractivity contribution >= 4 is 0 Å². The van der Waals surface area contributed by atoms with E-state index in [0.717, 1.165) is 13.2 Å². The zero-order chi connectivity index (χ0) is 33.8. The van der Waals surface area contributed by atoms with Gasteiger partial charge in [0.2, 0.25) is 0 Å². The van der Waals surface area contributed by atoms with Crippen molar-refractivity contribution in [3.05, 3.63) is 144 Å². The van der Waals surface area contributed by atoms with Crippen molar-refractivity contribution in [2.45, 2.75) is 56.8 Å². The lowest BCUT2D eigenvalue weighted by atomic mass is 9.78. The summed E-state index contributed by atoms with van der Waals surface area (Å²) in [6.45, 7) is 10.2. The van der Waals surface area contributed by atoms with Gasteiger partial charge in [0.1, 0.15) is 18.3 Å². The molecule has 0 radical (unpaired) electrons. The van der Waals surface area contributed by atoms with Crippen LogP contribution in [0.4, 0.5) is 0 Å². The van der Waals surface area contributed by atoms with Crippen LogP contribution in [0.1, 0.15) is 49.9 Å². The minimum atomic E-state index is -0.954. The second-order valence-corrected chi connectivity index (χ2v) is 12.0. The van der Waals surface area contributed by atoms with Crippen molar-refractivity contribution in [3.63, 3.8) is 0 Å². The highest BCUT2D eigenvalue weighted by Crippen LogP contribution is 2.31. The fourth-order valence-electron chi connectivity index (χ4n) is 4.16. The number of ether oxygens (including phenoxy) is 2. The lowest BCUT2D eigenvalue weighted by molar-refractivity contribution is 0.0450. The maximum Gasteiger partial charge on any atom is 0.104 e. The molecule has 0 aliphatic carbocycles. The predicted octanol–water partition coefficient (Wildman–Crippen LogP) is 5.11. The maximum atomic E-state index is 8.17. The summed E-state index contributed by atoms with van der Waals surface area (Å²) in [5, 5.41) is 40.2. The summed E-state index contributed by atoms with van der Waals surface area (Å²) in [4.78, 5) is 0. The van der Waals surface area contributed by atoms with Gasteiger partial charge >= 0.3 is 0 Å². The van der Waals surface area contributed by atoms with Crippen molar-refractivity contribution in [2.75, 3.05) is 39.6 Å². The van der Waals surface area contributed by atoms with E-state index in [1.54, 1.807) is 0 Å². The standard InChI is InChI=1S/2C15H16.C3H8O3.2C3H6O2/c2*1-15(2,13-9-5-3-6-10-13)14-11-7-4-8-12-14;4-1-3(6)2-5;2*4-1-3-2-5-3/h2*3-12H,1-2H3;3-6H,1-2H2;2*3-4H,1-2H2. The summed E-state index contributed by atoms with van der Waals surface area (Å²) < 4.78 is 9.22. The first kappa shape index (κ1) is 38.8. The zero-order valence-corrected chi connectivity index (χ0v) is 27.6. The van der Waals surface area contributed by atoms with Crippen molar-refractivity contribution < 1.29 is 35.0 Å². The first-order valence-corrected chi connectivity index (χ1v) is 15.7. The Morgan fingerprint density at radius 1 is 0.500 bits per heavy atom. The molecule has 0 spiro atoms. The maximum absolute atomic E-state index is 8.17. The quantitative estimate of drug-likeness (QED) is 0.171. The molecule has 2 aliphatic rings. The summed E-state index contributed by atoms with van der Waals surface area (Å²) in [6, 6.07) is 42.5. The van der Waals surface area contributed by atoms with E-state index in [2.05, 4.69) is 158 Å². The summed E-state index contributed by atoms with van der Waals surface area (Å²) in [5.41, 5.74) is 5.60. The van der Waals surface area contributed by atoms with E-state index >= 15 is 0 Å². The van der Waals surface area contributed by atoms with Crippen LogP contribution in [0.5, 0.6) is 0 Å². The number of aliphatic hydroxyl groups excluding tert-OH is 5. The molecule has 2 atom stereocenters. The van der Waals surface area contributed by atoms with Gasteiger partial charge < -0.3 is 35.0 Å². The van der Waals surface area contributed by atoms with Crippen LogP contribution in [0.3, 0.4) is 0 Å². The zero-order valence-electron chi connectivity index (χ0n) is 27.6. The van der Waals surface area contributed by atoms with E-state index in [-0.39, 0.29) is 49.5 Å². The molecule has 250 valence electrons. The Kier molecular flexibility index (Phi) is 17.4. The fourth-order valence-corrected chi connectivity index (χ4v) is 4.16. The Morgan fingerprint density at radius 2 is 0.717 bits per heavy atom. The van der Waals surface area contributed by atoms with E-state index < -0.39 is 6.10 Å². The lowest BCUT2D eigenvalue weighted by Crippen LogP contribution is -2.18. The Bertz CT molecular complexity index is 1110. The summed E-state index contributed by atoms with van der Waals surface area (Å²) in [6.07, 6.45) is -0.574. The highest BCUT2D eigenvalue weighted by Gasteiger charge is 2.23. The van der Waals surface area contributed by atoms with Crippen LogP contribution >= 0.6 is 0 Å². The molecule has 2 fully saturated rings. The first-order chi connectivity index (χ1) is 22.1. The largest absolute Gasteiger partial charge is 0.394 e. The van der Waals surface area contributed by atoms with Crippen LogP contribution < -0.4 is 0 Å². The van der Waals surface area contributed by atoms with Gasteiger partial charge in [-0.3, -0.25) is 0 Å². The number of benzene rings is 4. The van der Waals surface area contributed by atoms with E-state index in [9.17, 15) is 0 Å². The second kappa shape index (κ2) is 20.7. The minimum Gasteiger partial charge on any atom is -0.394 e. The summed E-state index contributed by atoms with van der Waals surface area (Å²) in [7, 11) is 0. The Labute approximate surface area is 274 Å². The Hall–Kier alpha value is -3.40. The second-order valence-electron chi connectivity index (χ2n) is 12.0. The highest BCUT2D eigenvalue weighted by atomic mass is 16.6. The van der Waals surface area contributed by atoms with Crippen molar-refractivity contribution in [2.24, 2.45) is 0 Å². The van der Waals surface area contributed by atoms with E-state index in [0.29, 0.717) is 0 Å². The molecule has 7 nitrogen and oxygen atoms in total. The molecule has 2 saturated heterocycles. The molecule has 4 aromatic carbocycles. The number of aliphatic hydroxyl groups is 5. The molecule has 0 saturated carbocycles. The van der Waals surface area contributed by atoms with E-state index in [1.165, 1.54) is 22.3 Å². The molecule has 0 amide bonds. The monoisotopic (exact) mass is 632 g/mol. The normalized spacial score (nSPS) is 16.1. The third-order valence-corrected chi connectivity index (χ3v) is 7.62. The van der Waals surface area contributed by atoms with Gasteiger partial charge in [-0.05, 0) is 22.3 Å². The lowest BCUT2D eigenvalue weighted by Gasteiger charge is -2.25. The molecule has 4 aromatic rings. The number of rotatable bonds is 8. The molecule has 6 rings (SSSR count). The van der Waals surface area contributed by atoms with Crippen molar-refractivity contribution in [3.8, 4) is 0 Å². The van der Waals surface area contributed by atoms with Crippen LogP contribution in [0, 0.1) is 0 Å². The molecule has 2 aliphatic heterocycles. The van der Waals surface area contributed by atoms with Gasteiger partial charge in [-0.1, -0.05) is 149 Å². The average Bonchev–Trinajstić information content (AvgIpc) is 4.06. The van der Waals surface area contributed by atoms with E-state index in [4.69, 9.17) is 25.5 Å². The van der Waals surface area contributed by atoms with Crippen LogP contribution in [0.15, 0.2) is 121 Å². The number of epoxide rings is 2. The SMILES string of the molecule is CC(C)(c1ccccc1)c1ccccc1.CC(C)(c1ccccc1)c1ccccc1.OCC(O)CO.OCC1CO1.OCC1CO1. The molecule has 0 aromatic heterocycles. The third kappa shape index (κ3) is 14.4. The smallest absolute Gasteiger partial charge is 0.104 e. The number of hydrogen-bond donors (Lipinski definition) is 5.